The summed E-state index contributed by atoms with van der Waals surface area (Å²) in [5, 5.41) is 12.2. The van der Waals surface area contributed by atoms with Crippen molar-refractivity contribution >= 4 is 18.0 Å². The standard InChI is InChI=1S/C18H25NO5/c1-5-24-18(22)14(10-12(2)3)19-17(21)9-7-13-6-8-15(20)16(11-13)23-4/h6-9,11-12,14,20H,5,10H2,1-4H3,(H,19,21)/b9-7+/t14-/m0/s1. The van der Waals surface area contributed by atoms with Crippen molar-refractivity contribution in [1.29, 1.82) is 0 Å². The molecule has 0 bridgehead atoms. The molecule has 0 aliphatic carbocycles. The molecule has 132 valence electrons. The quantitative estimate of drug-likeness (QED) is 0.563. The molecule has 0 aliphatic rings. The van der Waals surface area contributed by atoms with Crippen molar-refractivity contribution in [2.45, 2.75) is 33.2 Å². The highest BCUT2D eigenvalue weighted by molar-refractivity contribution is 5.94. The minimum atomic E-state index is -0.670. The Balaban J connectivity index is 2.75. The van der Waals surface area contributed by atoms with Crippen LogP contribution in [0.3, 0.4) is 0 Å². The third-order valence-corrected chi connectivity index (χ3v) is 3.23. The number of rotatable bonds is 8. The molecule has 0 aliphatic heterocycles. The maximum atomic E-state index is 12.1. The van der Waals surface area contributed by atoms with Crippen molar-refractivity contribution in [3.05, 3.63) is 29.8 Å². The van der Waals surface area contributed by atoms with E-state index in [-0.39, 0.29) is 24.2 Å². The highest BCUT2D eigenvalue weighted by Gasteiger charge is 2.22. The predicted molar refractivity (Wildman–Crippen MR) is 91.7 cm³/mol. The van der Waals surface area contributed by atoms with Gasteiger partial charge in [-0.15, -0.1) is 0 Å². The van der Waals surface area contributed by atoms with E-state index in [0.717, 1.165) is 0 Å². The largest absolute Gasteiger partial charge is 0.504 e. The second-order valence-corrected chi connectivity index (χ2v) is 5.71. The van der Waals surface area contributed by atoms with Crippen LogP contribution in [0.4, 0.5) is 0 Å². The van der Waals surface area contributed by atoms with Gasteiger partial charge in [-0.3, -0.25) is 4.79 Å². The maximum Gasteiger partial charge on any atom is 0.328 e. The first-order valence-corrected chi connectivity index (χ1v) is 7.89. The lowest BCUT2D eigenvalue weighted by atomic mass is 10.0. The molecule has 0 aromatic heterocycles. The lowest BCUT2D eigenvalue weighted by Gasteiger charge is -2.18. The number of methoxy groups -OCH3 is 1. The fourth-order valence-electron chi connectivity index (χ4n) is 2.12. The summed E-state index contributed by atoms with van der Waals surface area (Å²) in [6.07, 6.45) is 3.42. The van der Waals surface area contributed by atoms with E-state index in [1.807, 2.05) is 13.8 Å². The Morgan fingerprint density at radius 2 is 2.04 bits per heavy atom. The molecule has 0 fully saturated rings. The fraction of sp³-hybridized carbons (Fsp3) is 0.444. The van der Waals surface area contributed by atoms with Gasteiger partial charge in [0, 0.05) is 6.08 Å². The van der Waals surface area contributed by atoms with E-state index in [9.17, 15) is 14.7 Å². The molecule has 0 unspecified atom stereocenters. The van der Waals surface area contributed by atoms with Crippen molar-refractivity contribution in [2.75, 3.05) is 13.7 Å². The summed E-state index contributed by atoms with van der Waals surface area (Å²) >= 11 is 0. The zero-order chi connectivity index (χ0) is 18.1. The third-order valence-electron chi connectivity index (χ3n) is 3.23. The van der Waals surface area contributed by atoms with Gasteiger partial charge in [-0.05, 0) is 43.0 Å². The second-order valence-electron chi connectivity index (χ2n) is 5.71. The van der Waals surface area contributed by atoms with Crippen molar-refractivity contribution < 1.29 is 24.2 Å². The summed E-state index contributed by atoms with van der Waals surface area (Å²) in [7, 11) is 1.45. The molecular weight excluding hydrogens is 310 g/mol. The fourth-order valence-corrected chi connectivity index (χ4v) is 2.12. The molecule has 0 radical (unpaired) electrons. The van der Waals surface area contributed by atoms with Gasteiger partial charge in [-0.25, -0.2) is 4.79 Å². The predicted octanol–water partition coefficient (Wildman–Crippen LogP) is 2.51. The number of aromatic hydroxyl groups is 1. The Morgan fingerprint density at radius 1 is 1.33 bits per heavy atom. The molecule has 1 atom stereocenters. The van der Waals surface area contributed by atoms with Crippen LogP contribution in [-0.4, -0.2) is 36.7 Å². The molecule has 6 heteroatoms. The van der Waals surface area contributed by atoms with E-state index >= 15 is 0 Å². The third kappa shape index (κ3) is 6.32. The smallest absolute Gasteiger partial charge is 0.328 e. The minimum absolute atomic E-state index is 0.0263. The summed E-state index contributed by atoms with van der Waals surface area (Å²) in [4.78, 5) is 24.0. The summed E-state index contributed by atoms with van der Waals surface area (Å²) in [6, 6.07) is 4.07. The van der Waals surface area contributed by atoms with Gasteiger partial charge in [0.05, 0.1) is 13.7 Å². The lowest BCUT2D eigenvalue weighted by Crippen LogP contribution is -2.42. The van der Waals surface area contributed by atoms with Crippen LogP contribution in [0.25, 0.3) is 6.08 Å². The highest BCUT2D eigenvalue weighted by atomic mass is 16.5. The first kappa shape index (κ1) is 19.5. The van der Waals surface area contributed by atoms with Crippen LogP contribution in [0.15, 0.2) is 24.3 Å². The SMILES string of the molecule is CCOC(=O)[C@H](CC(C)C)NC(=O)/C=C/c1ccc(O)c(OC)c1. The Labute approximate surface area is 142 Å². The first-order valence-electron chi connectivity index (χ1n) is 7.89. The highest BCUT2D eigenvalue weighted by Crippen LogP contribution is 2.26. The normalized spacial score (nSPS) is 12.2. The molecule has 0 spiro atoms. The van der Waals surface area contributed by atoms with E-state index in [2.05, 4.69) is 5.32 Å². The molecule has 1 amide bonds. The molecule has 2 N–H and O–H groups in total. The van der Waals surface area contributed by atoms with Crippen LogP contribution >= 0.6 is 0 Å². The van der Waals surface area contributed by atoms with Crippen LogP contribution in [0.2, 0.25) is 0 Å². The zero-order valence-corrected chi connectivity index (χ0v) is 14.5. The Hall–Kier alpha value is -2.50. The number of hydrogen-bond acceptors (Lipinski definition) is 5. The summed E-state index contributed by atoms with van der Waals surface area (Å²) < 4.78 is 10.0. The number of carbonyl (C=O) groups excluding carboxylic acids is 2. The van der Waals surface area contributed by atoms with E-state index in [0.29, 0.717) is 17.7 Å². The van der Waals surface area contributed by atoms with E-state index in [1.165, 1.54) is 19.3 Å². The van der Waals surface area contributed by atoms with E-state index < -0.39 is 12.0 Å². The molecule has 1 aromatic carbocycles. The summed E-state index contributed by atoms with van der Waals surface area (Å²) in [6.45, 7) is 5.94. The van der Waals surface area contributed by atoms with Crippen LogP contribution in [0.5, 0.6) is 11.5 Å². The van der Waals surface area contributed by atoms with Gasteiger partial charge in [0.1, 0.15) is 6.04 Å². The number of phenols is 1. The van der Waals surface area contributed by atoms with Gasteiger partial charge in [-0.2, -0.15) is 0 Å². The van der Waals surface area contributed by atoms with Gasteiger partial charge in [0.15, 0.2) is 11.5 Å². The number of ether oxygens (including phenoxy) is 2. The van der Waals surface area contributed by atoms with Crippen LogP contribution in [0, 0.1) is 5.92 Å². The number of hydrogen-bond donors (Lipinski definition) is 2. The van der Waals surface area contributed by atoms with Crippen molar-refractivity contribution in [3.8, 4) is 11.5 Å². The van der Waals surface area contributed by atoms with Crippen LogP contribution < -0.4 is 10.1 Å². The van der Waals surface area contributed by atoms with Gasteiger partial charge < -0.3 is 19.9 Å². The molecule has 6 nitrogen and oxygen atoms in total. The summed E-state index contributed by atoms with van der Waals surface area (Å²) in [5.41, 5.74) is 0.691. The molecule has 1 rings (SSSR count). The summed E-state index contributed by atoms with van der Waals surface area (Å²) in [5.74, 6) is -0.231. The maximum absolute atomic E-state index is 12.1. The van der Waals surface area contributed by atoms with Crippen molar-refractivity contribution in [3.63, 3.8) is 0 Å². The van der Waals surface area contributed by atoms with Gasteiger partial charge in [0.2, 0.25) is 5.91 Å². The van der Waals surface area contributed by atoms with Crippen LogP contribution in [-0.2, 0) is 14.3 Å². The van der Waals surface area contributed by atoms with Gasteiger partial charge in [0.25, 0.3) is 0 Å². The molecule has 24 heavy (non-hydrogen) atoms. The zero-order valence-electron chi connectivity index (χ0n) is 14.5. The Morgan fingerprint density at radius 3 is 2.62 bits per heavy atom. The molecule has 0 saturated heterocycles. The molecule has 1 aromatic rings. The molecule has 0 heterocycles. The molecular formula is C18H25NO5. The van der Waals surface area contributed by atoms with Gasteiger partial charge in [-0.1, -0.05) is 19.9 Å². The number of carbonyl (C=O) groups is 2. The minimum Gasteiger partial charge on any atom is -0.504 e. The second kappa shape index (κ2) is 9.60. The number of nitrogens with one attached hydrogen (secondary N) is 1. The van der Waals surface area contributed by atoms with Crippen molar-refractivity contribution in [1.82, 2.24) is 5.32 Å². The topological polar surface area (TPSA) is 84.9 Å². The first-order chi connectivity index (χ1) is 11.4. The average molecular weight is 335 g/mol. The number of benzene rings is 1. The van der Waals surface area contributed by atoms with E-state index in [1.54, 1.807) is 25.1 Å². The average Bonchev–Trinajstić information content (AvgIpc) is 2.53. The Bertz CT molecular complexity index is 595. The monoisotopic (exact) mass is 335 g/mol. The van der Waals surface area contributed by atoms with Crippen LogP contribution in [0.1, 0.15) is 32.8 Å². The number of esters is 1. The van der Waals surface area contributed by atoms with Gasteiger partial charge >= 0.3 is 5.97 Å². The Kier molecular flexibility index (Phi) is 7.82. The van der Waals surface area contributed by atoms with E-state index in [4.69, 9.17) is 9.47 Å². The molecule has 0 saturated carbocycles. The number of amides is 1. The lowest BCUT2D eigenvalue weighted by molar-refractivity contribution is -0.147. The van der Waals surface area contributed by atoms with Crippen molar-refractivity contribution in [2.24, 2.45) is 5.92 Å². The number of phenolic OH excluding ortho intramolecular Hbond substituents is 1.